The van der Waals surface area contributed by atoms with Crippen molar-refractivity contribution in [1.29, 1.82) is 0 Å². The standard InChI is InChI=1S/C10H23NO3/c1-2-9(3-6-12)10(11,4-7-13)5-8-14/h9,12-14H,2-8,11H2,1H3. The van der Waals surface area contributed by atoms with Crippen LogP contribution in [0, 0.1) is 5.92 Å². The summed E-state index contributed by atoms with van der Waals surface area (Å²) in [5, 5.41) is 26.7. The average molecular weight is 205 g/mol. The van der Waals surface area contributed by atoms with Gasteiger partial charge in [-0.3, -0.25) is 0 Å². The van der Waals surface area contributed by atoms with Gasteiger partial charge in [0.05, 0.1) is 0 Å². The first kappa shape index (κ1) is 13.8. The molecule has 0 aromatic carbocycles. The van der Waals surface area contributed by atoms with Crippen molar-refractivity contribution < 1.29 is 15.3 Å². The molecule has 5 N–H and O–H groups in total. The smallest absolute Gasteiger partial charge is 0.0448 e. The van der Waals surface area contributed by atoms with Gasteiger partial charge >= 0.3 is 0 Å². The molecule has 0 aromatic heterocycles. The molecule has 0 aromatic rings. The number of aliphatic hydroxyl groups is 3. The van der Waals surface area contributed by atoms with Gasteiger partial charge in [0.2, 0.25) is 0 Å². The molecule has 0 amide bonds. The molecule has 0 aliphatic heterocycles. The van der Waals surface area contributed by atoms with Gasteiger partial charge in [-0.05, 0) is 25.2 Å². The number of hydrogen-bond donors (Lipinski definition) is 4. The minimum atomic E-state index is -0.541. The predicted molar refractivity (Wildman–Crippen MR) is 55.8 cm³/mol. The van der Waals surface area contributed by atoms with Crippen LogP contribution in [0.5, 0.6) is 0 Å². The maximum Gasteiger partial charge on any atom is 0.0448 e. The second-order valence-corrected chi connectivity index (χ2v) is 3.80. The minimum absolute atomic E-state index is 0.0262. The Morgan fingerprint density at radius 1 is 1.07 bits per heavy atom. The Kier molecular flexibility index (Phi) is 7.09. The monoisotopic (exact) mass is 205 g/mol. The summed E-state index contributed by atoms with van der Waals surface area (Å²) in [6.07, 6.45) is 2.45. The maximum absolute atomic E-state index is 8.92. The van der Waals surface area contributed by atoms with Gasteiger partial charge in [-0.25, -0.2) is 0 Å². The van der Waals surface area contributed by atoms with Crippen LogP contribution in [-0.2, 0) is 0 Å². The third kappa shape index (κ3) is 3.92. The summed E-state index contributed by atoms with van der Waals surface area (Å²) in [6, 6.07) is 0. The van der Waals surface area contributed by atoms with E-state index in [4.69, 9.17) is 21.1 Å². The number of hydrogen-bond acceptors (Lipinski definition) is 4. The molecule has 14 heavy (non-hydrogen) atoms. The lowest BCUT2D eigenvalue weighted by Gasteiger charge is -2.36. The van der Waals surface area contributed by atoms with Crippen molar-refractivity contribution in [2.45, 2.75) is 38.1 Å². The molecule has 4 heteroatoms. The maximum atomic E-state index is 8.92. The van der Waals surface area contributed by atoms with E-state index in [1.54, 1.807) is 0 Å². The van der Waals surface area contributed by atoms with Crippen molar-refractivity contribution >= 4 is 0 Å². The average Bonchev–Trinajstić information content (AvgIpc) is 2.14. The van der Waals surface area contributed by atoms with Crippen LogP contribution >= 0.6 is 0 Å². The van der Waals surface area contributed by atoms with E-state index < -0.39 is 5.54 Å². The van der Waals surface area contributed by atoms with Gasteiger partial charge in [-0.2, -0.15) is 0 Å². The van der Waals surface area contributed by atoms with Crippen LogP contribution in [-0.4, -0.2) is 40.7 Å². The van der Waals surface area contributed by atoms with Crippen LogP contribution in [0.2, 0.25) is 0 Å². The van der Waals surface area contributed by atoms with Crippen LogP contribution in [0.1, 0.15) is 32.6 Å². The van der Waals surface area contributed by atoms with E-state index in [9.17, 15) is 0 Å². The Morgan fingerprint density at radius 2 is 1.57 bits per heavy atom. The first-order valence-corrected chi connectivity index (χ1v) is 5.26. The van der Waals surface area contributed by atoms with Crippen LogP contribution in [0.15, 0.2) is 0 Å². The lowest BCUT2D eigenvalue weighted by Crippen LogP contribution is -2.49. The third-order valence-corrected chi connectivity index (χ3v) is 2.94. The van der Waals surface area contributed by atoms with Crippen LogP contribution in [0.3, 0.4) is 0 Å². The molecule has 0 bridgehead atoms. The zero-order valence-electron chi connectivity index (χ0n) is 8.95. The second-order valence-electron chi connectivity index (χ2n) is 3.80. The highest BCUT2D eigenvalue weighted by molar-refractivity contribution is 4.90. The fourth-order valence-corrected chi connectivity index (χ4v) is 2.00. The van der Waals surface area contributed by atoms with E-state index in [0.29, 0.717) is 19.3 Å². The number of rotatable bonds is 8. The van der Waals surface area contributed by atoms with Gasteiger partial charge in [0, 0.05) is 25.4 Å². The molecule has 0 spiro atoms. The van der Waals surface area contributed by atoms with Gasteiger partial charge in [0.25, 0.3) is 0 Å². The molecule has 0 fully saturated rings. The third-order valence-electron chi connectivity index (χ3n) is 2.94. The van der Waals surface area contributed by atoms with Gasteiger partial charge < -0.3 is 21.1 Å². The summed E-state index contributed by atoms with van der Waals surface area (Å²) < 4.78 is 0. The normalized spacial score (nSPS) is 14.4. The molecule has 0 aliphatic carbocycles. The fourth-order valence-electron chi connectivity index (χ4n) is 2.00. The molecule has 0 radical (unpaired) electrons. The zero-order chi connectivity index (χ0) is 11.0. The Hall–Kier alpha value is -0.160. The van der Waals surface area contributed by atoms with E-state index in [1.165, 1.54) is 0 Å². The van der Waals surface area contributed by atoms with E-state index in [0.717, 1.165) is 6.42 Å². The Balaban J connectivity index is 4.39. The molecule has 0 saturated carbocycles. The molecular formula is C10H23NO3. The highest BCUT2D eigenvalue weighted by atomic mass is 16.3. The molecule has 86 valence electrons. The number of aliphatic hydroxyl groups excluding tert-OH is 3. The lowest BCUT2D eigenvalue weighted by atomic mass is 9.76. The molecule has 1 atom stereocenters. The highest BCUT2D eigenvalue weighted by Crippen LogP contribution is 2.27. The van der Waals surface area contributed by atoms with E-state index in [-0.39, 0.29) is 25.7 Å². The largest absolute Gasteiger partial charge is 0.396 e. The topological polar surface area (TPSA) is 86.7 Å². The lowest BCUT2D eigenvalue weighted by molar-refractivity contribution is 0.121. The van der Waals surface area contributed by atoms with Crippen LogP contribution in [0.4, 0.5) is 0 Å². The summed E-state index contributed by atoms with van der Waals surface area (Å²) in [5.74, 6) is 0.159. The van der Waals surface area contributed by atoms with Crippen molar-refractivity contribution in [2.24, 2.45) is 11.7 Å². The van der Waals surface area contributed by atoms with E-state index in [2.05, 4.69) is 0 Å². The fraction of sp³-hybridized carbons (Fsp3) is 1.00. The quantitative estimate of drug-likeness (QED) is 0.444. The zero-order valence-corrected chi connectivity index (χ0v) is 8.95. The number of nitrogens with two attached hydrogens (primary N) is 1. The van der Waals surface area contributed by atoms with E-state index >= 15 is 0 Å². The Labute approximate surface area is 85.7 Å². The van der Waals surface area contributed by atoms with Crippen LogP contribution in [0.25, 0.3) is 0 Å². The minimum Gasteiger partial charge on any atom is -0.396 e. The first-order chi connectivity index (χ1) is 6.64. The summed E-state index contributed by atoms with van der Waals surface area (Å²) in [5.41, 5.74) is 5.59. The summed E-state index contributed by atoms with van der Waals surface area (Å²) >= 11 is 0. The van der Waals surface area contributed by atoms with Crippen molar-refractivity contribution in [3.05, 3.63) is 0 Å². The van der Waals surface area contributed by atoms with Crippen LogP contribution < -0.4 is 5.73 Å². The SMILES string of the molecule is CCC(CCO)C(N)(CCO)CCO. The van der Waals surface area contributed by atoms with Crippen molar-refractivity contribution in [3.63, 3.8) is 0 Å². The predicted octanol–water partition coefficient (Wildman–Crippen LogP) is -0.143. The summed E-state index contributed by atoms with van der Waals surface area (Å²) in [4.78, 5) is 0. The van der Waals surface area contributed by atoms with Gasteiger partial charge in [0.1, 0.15) is 0 Å². The highest BCUT2D eigenvalue weighted by Gasteiger charge is 2.32. The van der Waals surface area contributed by atoms with Crippen molar-refractivity contribution in [1.82, 2.24) is 0 Å². The molecule has 1 unspecified atom stereocenters. The Morgan fingerprint density at radius 3 is 1.86 bits per heavy atom. The molecule has 0 saturated heterocycles. The Bertz CT molecular complexity index is 135. The summed E-state index contributed by atoms with van der Waals surface area (Å²) in [6.45, 7) is 2.17. The molecule has 0 aliphatic rings. The van der Waals surface area contributed by atoms with Crippen molar-refractivity contribution in [2.75, 3.05) is 19.8 Å². The van der Waals surface area contributed by atoms with Crippen molar-refractivity contribution in [3.8, 4) is 0 Å². The molecule has 0 heterocycles. The van der Waals surface area contributed by atoms with E-state index in [1.807, 2.05) is 6.92 Å². The molecular weight excluding hydrogens is 182 g/mol. The molecule has 4 nitrogen and oxygen atoms in total. The van der Waals surface area contributed by atoms with Gasteiger partial charge in [-0.1, -0.05) is 13.3 Å². The second kappa shape index (κ2) is 7.17. The van der Waals surface area contributed by atoms with Gasteiger partial charge in [-0.15, -0.1) is 0 Å². The van der Waals surface area contributed by atoms with Gasteiger partial charge in [0.15, 0.2) is 0 Å². The molecule has 0 rings (SSSR count). The first-order valence-electron chi connectivity index (χ1n) is 5.26. The summed E-state index contributed by atoms with van der Waals surface area (Å²) in [7, 11) is 0.